The van der Waals surface area contributed by atoms with Gasteiger partial charge in [0, 0.05) is 0 Å². The lowest BCUT2D eigenvalue weighted by molar-refractivity contribution is 0.107. The van der Waals surface area contributed by atoms with Crippen LogP contribution in [-0.4, -0.2) is 33.0 Å². The number of H-pyrrole nitrogens is 2. The Labute approximate surface area is 200 Å². The van der Waals surface area contributed by atoms with E-state index in [1.807, 2.05) is 12.4 Å². The first kappa shape index (κ1) is 22.5. The quantitative estimate of drug-likeness (QED) is 0.245. The lowest BCUT2D eigenvalue weighted by Crippen LogP contribution is -2.35. The molecular weight excluding hydrogens is 424 g/mol. The minimum absolute atomic E-state index is 0.373. The number of ether oxygens (including phenoxy) is 1. The Kier molecular flexibility index (Phi) is 7.14. The lowest BCUT2D eigenvalue weighted by atomic mass is 10.1. The molecule has 1 saturated heterocycles. The summed E-state index contributed by atoms with van der Waals surface area (Å²) in [5, 5.41) is 6.75. The number of hydrogen-bond donors (Lipinski definition) is 4. The highest BCUT2D eigenvalue weighted by Gasteiger charge is 2.21. The van der Waals surface area contributed by atoms with Crippen LogP contribution in [0.5, 0.6) is 0 Å². The van der Waals surface area contributed by atoms with Gasteiger partial charge in [-0.05, 0) is 54.3 Å². The molecule has 2 aromatic carbocycles. The molecule has 4 aromatic rings. The molecule has 34 heavy (non-hydrogen) atoms. The van der Waals surface area contributed by atoms with Crippen LogP contribution in [0.2, 0.25) is 0 Å². The SMILES string of the molecule is CCCNCc1ncc(-c2cccc(COCc3ccc(-c4cnc(C5CCN5)[nH]4)cc3)c2)[nH]1. The van der Waals surface area contributed by atoms with Crippen LogP contribution in [0.1, 0.15) is 48.6 Å². The molecule has 2 aromatic heterocycles. The molecule has 1 atom stereocenters. The normalized spacial score (nSPS) is 15.4. The van der Waals surface area contributed by atoms with Crippen LogP contribution < -0.4 is 10.6 Å². The Morgan fingerprint density at radius 1 is 0.941 bits per heavy atom. The Morgan fingerprint density at radius 3 is 2.53 bits per heavy atom. The van der Waals surface area contributed by atoms with E-state index in [4.69, 9.17) is 4.74 Å². The van der Waals surface area contributed by atoms with Gasteiger partial charge in [0.1, 0.15) is 11.6 Å². The third-order valence-corrected chi connectivity index (χ3v) is 6.14. The first-order valence-corrected chi connectivity index (χ1v) is 12.1. The van der Waals surface area contributed by atoms with E-state index in [1.54, 1.807) is 0 Å². The molecule has 0 spiro atoms. The summed E-state index contributed by atoms with van der Waals surface area (Å²) < 4.78 is 6.01. The van der Waals surface area contributed by atoms with E-state index in [0.717, 1.165) is 77.8 Å². The molecule has 0 aliphatic carbocycles. The molecule has 4 N–H and O–H groups in total. The molecule has 1 aliphatic rings. The second-order valence-corrected chi connectivity index (χ2v) is 8.79. The molecule has 1 unspecified atom stereocenters. The number of rotatable bonds is 11. The van der Waals surface area contributed by atoms with Crippen LogP contribution in [0, 0.1) is 0 Å². The first-order chi connectivity index (χ1) is 16.8. The minimum Gasteiger partial charge on any atom is -0.372 e. The van der Waals surface area contributed by atoms with E-state index in [1.165, 1.54) is 0 Å². The zero-order valence-corrected chi connectivity index (χ0v) is 19.6. The van der Waals surface area contributed by atoms with E-state index in [9.17, 15) is 0 Å². The van der Waals surface area contributed by atoms with Gasteiger partial charge in [-0.15, -0.1) is 0 Å². The average Bonchev–Trinajstić information content (AvgIpc) is 3.49. The van der Waals surface area contributed by atoms with Crippen molar-refractivity contribution in [1.82, 2.24) is 30.6 Å². The van der Waals surface area contributed by atoms with Crippen molar-refractivity contribution in [2.24, 2.45) is 0 Å². The number of aromatic amines is 2. The van der Waals surface area contributed by atoms with E-state index in [0.29, 0.717) is 19.3 Å². The maximum atomic E-state index is 6.01. The molecular formula is C27H32N6O. The molecule has 0 amide bonds. The Bertz CT molecular complexity index is 1190. The standard InChI is InChI=1S/C27H32N6O/c1-2-11-28-16-26-30-14-25(32-26)22-5-3-4-20(13-22)18-34-17-19-6-8-21(9-7-19)24-15-31-27(33-24)23-10-12-29-23/h3-9,13-15,23,28-29H,2,10-12,16-18H2,1H3,(H,30,32)(H,31,33). The number of imidazole rings is 2. The Morgan fingerprint density at radius 2 is 1.74 bits per heavy atom. The second-order valence-electron chi connectivity index (χ2n) is 8.79. The summed E-state index contributed by atoms with van der Waals surface area (Å²) in [5.74, 6) is 1.98. The molecule has 7 heteroatoms. The highest BCUT2D eigenvalue weighted by molar-refractivity contribution is 5.60. The van der Waals surface area contributed by atoms with Crippen LogP contribution in [0.3, 0.4) is 0 Å². The van der Waals surface area contributed by atoms with Crippen molar-refractivity contribution in [3.63, 3.8) is 0 Å². The fourth-order valence-electron chi connectivity index (χ4n) is 4.06. The van der Waals surface area contributed by atoms with Gasteiger partial charge in [-0.3, -0.25) is 0 Å². The summed E-state index contributed by atoms with van der Waals surface area (Å²) in [5.41, 5.74) is 6.63. The minimum atomic E-state index is 0.373. The Balaban J connectivity index is 1.13. The zero-order chi connectivity index (χ0) is 23.2. The van der Waals surface area contributed by atoms with E-state index in [2.05, 4.69) is 86.0 Å². The topological polar surface area (TPSA) is 90.7 Å². The summed E-state index contributed by atoms with van der Waals surface area (Å²) in [7, 11) is 0. The smallest absolute Gasteiger partial charge is 0.123 e. The molecule has 1 aliphatic heterocycles. The number of nitrogens with zero attached hydrogens (tertiary/aromatic N) is 2. The molecule has 0 radical (unpaired) electrons. The maximum Gasteiger partial charge on any atom is 0.123 e. The maximum absolute atomic E-state index is 6.01. The van der Waals surface area contributed by atoms with Gasteiger partial charge in [-0.1, -0.05) is 49.4 Å². The average molecular weight is 457 g/mol. The van der Waals surface area contributed by atoms with E-state index in [-0.39, 0.29) is 0 Å². The molecule has 5 rings (SSSR count). The third-order valence-electron chi connectivity index (χ3n) is 6.14. The summed E-state index contributed by atoms with van der Waals surface area (Å²) in [6.45, 7) is 6.12. The fraction of sp³-hybridized carbons (Fsp3) is 0.333. The molecule has 0 saturated carbocycles. The van der Waals surface area contributed by atoms with Crippen molar-refractivity contribution in [2.45, 2.75) is 45.6 Å². The number of nitrogens with one attached hydrogen (secondary N) is 4. The lowest BCUT2D eigenvalue weighted by Gasteiger charge is -2.25. The van der Waals surface area contributed by atoms with Gasteiger partial charge in [0.2, 0.25) is 0 Å². The van der Waals surface area contributed by atoms with Crippen LogP contribution in [0.15, 0.2) is 60.9 Å². The number of aromatic nitrogens is 4. The summed E-state index contributed by atoms with van der Waals surface area (Å²) >= 11 is 0. The van der Waals surface area contributed by atoms with Crippen molar-refractivity contribution < 1.29 is 4.74 Å². The van der Waals surface area contributed by atoms with Crippen LogP contribution in [0.25, 0.3) is 22.5 Å². The van der Waals surface area contributed by atoms with Crippen molar-refractivity contribution in [3.05, 3.63) is 83.7 Å². The van der Waals surface area contributed by atoms with Gasteiger partial charge in [0.25, 0.3) is 0 Å². The first-order valence-electron chi connectivity index (χ1n) is 12.1. The van der Waals surface area contributed by atoms with Gasteiger partial charge in [0.15, 0.2) is 0 Å². The Hall–Kier alpha value is -3.26. The van der Waals surface area contributed by atoms with Gasteiger partial charge >= 0.3 is 0 Å². The van der Waals surface area contributed by atoms with Crippen LogP contribution in [0.4, 0.5) is 0 Å². The highest BCUT2D eigenvalue weighted by atomic mass is 16.5. The van der Waals surface area contributed by atoms with Gasteiger partial charge < -0.3 is 25.3 Å². The van der Waals surface area contributed by atoms with Crippen LogP contribution >= 0.6 is 0 Å². The van der Waals surface area contributed by atoms with Crippen molar-refractivity contribution in [1.29, 1.82) is 0 Å². The van der Waals surface area contributed by atoms with Crippen molar-refractivity contribution in [3.8, 4) is 22.5 Å². The predicted octanol–water partition coefficient (Wildman–Crippen LogP) is 4.72. The largest absolute Gasteiger partial charge is 0.372 e. The number of hydrogen-bond acceptors (Lipinski definition) is 5. The highest BCUT2D eigenvalue weighted by Crippen LogP contribution is 2.24. The fourth-order valence-corrected chi connectivity index (χ4v) is 4.06. The molecule has 1 fully saturated rings. The summed E-state index contributed by atoms with van der Waals surface area (Å²) in [4.78, 5) is 15.8. The second kappa shape index (κ2) is 10.8. The molecule has 3 heterocycles. The number of benzene rings is 2. The summed E-state index contributed by atoms with van der Waals surface area (Å²) in [6, 6.07) is 17.3. The van der Waals surface area contributed by atoms with Gasteiger partial charge in [-0.2, -0.15) is 0 Å². The van der Waals surface area contributed by atoms with Crippen molar-refractivity contribution >= 4 is 0 Å². The van der Waals surface area contributed by atoms with Gasteiger partial charge in [-0.25, -0.2) is 9.97 Å². The monoisotopic (exact) mass is 456 g/mol. The summed E-state index contributed by atoms with van der Waals surface area (Å²) in [6.07, 6.45) is 6.07. The molecule has 0 bridgehead atoms. The van der Waals surface area contributed by atoms with E-state index < -0.39 is 0 Å². The molecule has 7 nitrogen and oxygen atoms in total. The van der Waals surface area contributed by atoms with Crippen LogP contribution in [-0.2, 0) is 24.5 Å². The van der Waals surface area contributed by atoms with E-state index >= 15 is 0 Å². The molecule has 176 valence electrons. The third kappa shape index (κ3) is 5.44. The predicted molar refractivity (Wildman–Crippen MR) is 134 cm³/mol. The van der Waals surface area contributed by atoms with Gasteiger partial charge in [0.05, 0.1) is 49.6 Å². The zero-order valence-electron chi connectivity index (χ0n) is 19.6. The van der Waals surface area contributed by atoms with Crippen molar-refractivity contribution in [2.75, 3.05) is 13.1 Å².